The Morgan fingerprint density at radius 1 is 1.26 bits per heavy atom. The summed E-state index contributed by atoms with van der Waals surface area (Å²) in [6.45, 7) is 2.40. The molecular weight excluding hydrogens is 296 g/mol. The molecule has 1 aliphatic rings. The van der Waals surface area contributed by atoms with Gasteiger partial charge in [0.25, 0.3) is 0 Å². The summed E-state index contributed by atoms with van der Waals surface area (Å²) in [6, 6.07) is 5.50. The topological polar surface area (TPSA) is 81.9 Å². The molecule has 1 saturated heterocycles. The van der Waals surface area contributed by atoms with Crippen LogP contribution in [0.15, 0.2) is 18.2 Å². The van der Waals surface area contributed by atoms with E-state index in [1.54, 1.807) is 31.3 Å². The highest BCUT2D eigenvalue weighted by Gasteiger charge is 2.31. The predicted molar refractivity (Wildman–Crippen MR) is 86.3 cm³/mol. The molecule has 0 radical (unpaired) electrons. The highest BCUT2D eigenvalue weighted by Crippen LogP contribution is 2.27. The van der Waals surface area contributed by atoms with Gasteiger partial charge in [-0.25, -0.2) is 0 Å². The molecule has 1 fully saturated rings. The number of rotatable bonds is 5. The van der Waals surface area contributed by atoms with Crippen LogP contribution >= 0.6 is 0 Å². The van der Waals surface area contributed by atoms with Crippen molar-refractivity contribution >= 4 is 11.8 Å². The molecule has 0 aromatic heterocycles. The number of hydrogen-bond acceptors (Lipinski definition) is 4. The Morgan fingerprint density at radius 2 is 2.00 bits per heavy atom. The van der Waals surface area contributed by atoms with E-state index in [9.17, 15) is 9.59 Å². The highest BCUT2D eigenvalue weighted by atomic mass is 16.5. The van der Waals surface area contributed by atoms with Gasteiger partial charge in [-0.2, -0.15) is 0 Å². The average molecular weight is 320 g/mol. The van der Waals surface area contributed by atoms with Crippen LogP contribution in [0, 0.1) is 5.92 Å². The highest BCUT2D eigenvalue weighted by molar-refractivity contribution is 5.82. The number of piperidine rings is 1. The molecule has 126 valence electrons. The minimum Gasteiger partial charge on any atom is -0.497 e. The normalized spacial score (nSPS) is 20.9. The van der Waals surface area contributed by atoms with Crippen molar-refractivity contribution in [3.8, 4) is 11.5 Å². The van der Waals surface area contributed by atoms with Crippen LogP contribution in [-0.2, 0) is 16.0 Å². The second-order valence-corrected chi connectivity index (χ2v) is 5.93. The molecule has 1 aromatic rings. The lowest BCUT2D eigenvalue weighted by Gasteiger charge is -2.37. The maximum absolute atomic E-state index is 12.7. The zero-order valence-electron chi connectivity index (χ0n) is 13.9. The van der Waals surface area contributed by atoms with Crippen molar-refractivity contribution in [2.45, 2.75) is 32.2 Å². The van der Waals surface area contributed by atoms with Gasteiger partial charge in [0.2, 0.25) is 11.8 Å². The number of carbonyl (C=O) groups excluding carboxylic acids is 2. The molecule has 0 unspecified atom stereocenters. The first-order valence-corrected chi connectivity index (χ1v) is 7.76. The molecule has 0 bridgehead atoms. The first-order valence-electron chi connectivity index (χ1n) is 7.76. The van der Waals surface area contributed by atoms with E-state index in [2.05, 4.69) is 0 Å². The Balaban J connectivity index is 2.13. The summed E-state index contributed by atoms with van der Waals surface area (Å²) in [5.41, 5.74) is 6.19. The van der Waals surface area contributed by atoms with E-state index in [1.165, 1.54) is 0 Å². The van der Waals surface area contributed by atoms with Gasteiger partial charge in [0.15, 0.2) is 0 Å². The van der Waals surface area contributed by atoms with Crippen molar-refractivity contribution < 1.29 is 19.1 Å². The number of hydrogen-bond donors (Lipinski definition) is 1. The van der Waals surface area contributed by atoms with E-state index in [0.29, 0.717) is 18.0 Å². The quantitative estimate of drug-likeness (QED) is 0.888. The molecule has 6 nitrogen and oxygen atoms in total. The summed E-state index contributed by atoms with van der Waals surface area (Å²) in [7, 11) is 3.15. The fraction of sp³-hybridized carbons (Fsp3) is 0.529. The third-order valence-electron chi connectivity index (χ3n) is 4.44. The van der Waals surface area contributed by atoms with Crippen LogP contribution in [0.4, 0.5) is 0 Å². The molecule has 2 rings (SSSR count). The second-order valence-electron chi connectivity index (χ2n) is 5.93. The van der Waals surface area contributed by atoms with Gasteiger partial charge in [0, 0.05) is 24.2 Å². The number of amides is 2. The van der Waals surface area contributed by atoms with Crippen LogP contribution in [0.25, 0.3) is 0 Å². The summed E-state index contributed by atoms with van der Waals surface area (Å²) in [5, 5.41) is 0. The Morgan fingerprint density at radius 3 is 2.61 bits per heavy atom. The lowest BCUT2D eigenvalue weighted by molar-refractivity contribution is -0.137. The van der Waals surface area contributed by atoms with Crippen molar-refractivity contribution in [3.63, 3.8) is 0 Å². The molecular formula is C17H24N2O4. The fourth-order valence-corrected chi connectivity index (χ4v) is 2.95. The van der Waals surface area contributed by atoms with Gasteiger partial charge in [-0.1, -0.05) is 6.07 Å². The van der Waals surface area contributed by atoms with Gasteiger partial charge in [-0.05, 0) is 25.8 Å². The number of ether oxygens (including phenoxy) is 2. The Kier molecular flexibility index (Phi) is 5.47. The van der Waals surface area contributed by atoms with E-state index < -0.39 is 0 Å². The smallest absolute Gasteiger partial charge is 0.227 e. The molecule has 1 heterocycles. The molecule has 1 aliphatic heterocycles. The first-order chi connectivity index (χ1) is 11.0. The standard InChI is InChI=1S/C17H24N2O4/c1-11-4-5-13(17(18)21)10-19(11)16(20)8-12-6-7-14(22-2)9-15(12)23-3/h6-7,9,11,13H,4-5,8,10H2,1-3H3,(H2,18,21)/t11-,13+/m1/s1. The molecule has 1 aromatic carbocycles. The van der Waals surface area contributed by atoms with Gasteiger partial charge in [-0.3, -0.25) is 9.59 Å². The number of methoxy groups -OCH3 is 2. The summed E-state index contributed by atoms with van der Waals surface area (Å²) >= 11 is 0. The van der Waals surface area contributed by atoms with Crippen LogP contribution in [0.1, 0.15) is 25.3 Å². The Hall–Kier alpha value is -2.24. The van der Waals surface area contributed by atoms with Gasteiger partial charge in [0.05, 0.1) is 26.6 Å². The number of nitrogens with two attached hydrogens (primary N) is 1. The first kappa shape index (κ1) is 17.1. The van der Waals surface area contributed by atoms with Crippen LogP contribution in [0.2, 0.25) is 0 Å². The van der Waals surface area contributed by atoms with Crippen molar-refractivity contribution in [1.82, 2.24) is 4.90 Å². The molecule has 6 heteroatoms. The molecule has 0 saturated carbocycles. The second kappa shape index (κ2) is 7.35. The maximum atomic E-state index is 12.7. The van der Waals surface area contributed by atoms with Crippen molar-refractivity contribution in [2.75, 3.05) is 20.8 Å². The van der Waals surface area contributed by atoms with Crippen LogP contribution in [0.5, 0.6) is 11.5 Å². The van der Waals surface area contributed by atoms with Crippen molar-refractivity contribution in [1.29, 1.82) is 0 Å². The van der Waals surface area contributed by atoms with E-state index in [4.69, 9.17) is 15.2 Å². The number of benzene rings is 1. The minimum absolute atomic E-state index is 0.0214. The van der Waals surface area contributed by atoms with Crippen LogP contribution in [-0.4, -0.2) is 43.5 Å². The zero-order chi connectivity index (χ0) is 17.0. The van der Waals surface area contributed by atoms with Gasteiger partial charge in [0.1, 0.15) is 11.5 Å². The van der Waals surface area contributed by atoms with Gasteiger partial charge >= 0.3 is 0 Å². The molecule has 23 heavy (non-hydrogen) atoms. The summed E-state index contributed by atoms with van der Waals surface area (Å²) < 4.78 is 10.5. The van der Waals surface area contributed by atoms with Gasteiger partial charge < -0.3 is 20.1 Å². The molecule has 0 aliphatic carbocycles. The van der Waals surface area contributed by atoms with Crippen LogP contribution < -0.4 is 15.2 Å². The minimum atomic E-state index is -0.336. The number of primary amides is 1. The lowest BCUT2D eigenvalue weighted by atomic mass is 9.92. The third kappa shape index (κ3) is 3.94. The fourth-order valence-electron chi connectivity index (χ4n) is 2.95. The van der Waals surface area contributed by atoms with Gasteiger partial charge in [-0.15, -0.1) is 0 Å². The van der Waals surface area contributed by atoms with Crippen LogP contribution in [0.3, 0.4) is 0 Å². The summed E-state index contributed by atoms with van der Waals surface area (Å²) in [5.74, 6) is 0.684. The molecule has 0 spiro atoms. The summed E-state index contributed by atoms with van der Waals surface area (Å²) in [6.07, 6.45) is 1.76. The van der Waals surface area contributed by atoms with E-state index in [0.717, 1.165) is 18.4 Å². The predicted octanol–water partition coefficient (Wildman–Crippen LogP) is 1.36. The largest absolute Gasteiger partial charge is 0.497 e. The third-order valence-corrected chi connectivity index (χ3v) is 4.44. The number of carbonyl (C=O) groups is 2. The van der Waals surface area contributed by atoms with Crippen molar-refractivity contribution in [3.05, 3.63) is 23.8 Å². The number of nitrogens with zero attached hydrogens (tertiary/aromatic N) is 1. The Labute approximate surface area is 136 Å². The lowest BCUT2D eigenvalue weighted by Crippen LogP contribution is -2.49. The summed E-state index contributed by atoms with van der Waals surface area (Å²) in [4.78, 5) is 25.8. The van der Waals surface area contributed by atoms with Crippen molar-refractivity contribution in [2.24, 2.45) is 11.7 Å². The van der Waals surface area contributed by atoms with E-state index in [1.807, 2.05) is 13.0 Å². The molecule has 2 amide bonds. The van der Waals surface area contributed by atoms with E-state index >= 15 is 0 Å². The Bertz CT molecular complexity index is 588. The maximum Gasteiger partial charge on any atom is 0.227 e. The zero-order valence-corrected chi connectivity index (χ0v) is 13.9. The average Bonchev–Trinajstić information content (AvgIpc) is 2.55. The molecule has 2 N–H and O–H groups in total. The monoisotopic (exact) mass is 320 g/mol. The molecule has 2 atom stereocenters. The van der Waals surface area contributed by atoms with E-state index in [-0.39, 0.29) is 30.2 Å². The number of likely N-dealkylation sites (tertiary alicyclic amines) is 1. The SMILES string of the molecule is COc1ccc(CC(=O)N2C[C@@H](C(N)=O)CC[C@H]2C)c(OC)c1.